The normalized spacial score (nSPS) is 15.6. The van der Waals surface area contributed by atoms with Crippen LogP contribution in [0, 0.1) is 6.92 Å². The first-order chi connectivity index (χ1) is 10.9. The largest absolute Gasteiger partial charge is 0.506 e. The molecule has 0 aliphatic carbocycles. The van der Waals surface area contributed by atoms with Crippen molar-refractivity contribution in [1.82, 2.24) is 0 Å². The second-order valence-electron chi connectivity index (χ2n) is 6.48. The topological polar surface area (TPSA) is 59.7 Å². The summed E-state index contributed by atoms with van der Waals surface area (Å²) in [5.74, 6) is 0.415. The first kappa shape index (κ1) is 13.9. The van der Waals surface area contributed by atoms with Crippen molar-refractivity contribution >= 4 is 28.0 Å². The Morgan fingerprint density at radius 2 is 1.91 bits per heavy atom. The van der Waals surface area contributed by atoms with Crippen LogP contribution in [0.4, 0.5) is 0 Å². The van der Waals surface area contributed by atoms with Gasteiger partial charge in [-0.25, -0.2) is 0 Å². The van der Waals surface area contributed by atoms with E-state index in [0.717, 1.165) is 5.56 Å². The van der Waals surface area contributed by atoms with Gasteiger partial charge < -0.3 is 14.3 Å². The minimum Gasteiger partial charge on any atom is -0.506 e. The summed E-state index contributed by atoms with van der Waals surface area (Å²) in [7, 11) is 0. The summed E-state index contributed by atoms with van der Waals surface area (Å²) in [5, 5.41) is 11.2. The summed E-state index contributed by atoms with van der Waals surface area (Å²) >= 11 is 0. The van der Waals surface area contributed by atoms with Gasteiger partial charge in [0.05, 0.1) is 10.9 Å². The summed E-state index contributed by atoms with van der Waals surface area (Å²) in [6.07, 6.45) is 3.64. The summed E-state index contributed by atoms with van der Waals surface area (Å²) < 4.78 is 11.7. The van der Waals surface area contributed by atoms with Gasteiger partial charge in [0, 0.05) is 6.07 Å². The van der Waals surface area contributed by atoms with Gasteiger partial charge in [0.2, 0.25) is 5.43 Å². The molecule has 0 radical (unpaired) electrons. The second-order valence-corrected chi connectivity index (χ2v) is 6.48. The summed E-state index contributed by atoms with van der Waals surface area (Å²) in [4.78, 5) is 12.7. The third-order valence-electron chi connectivity index (χ3n) is 4.12. The molecule has 0 unspecified atom stereocenters. The number of benzene rings is 2. The molecule has 1 aromatic heterocycles. The van der Waals surface area contributed by atoms with Crippen molar-refractivity contribution in [3.8, 4) is 11.5 Å². The molecule has 2 aromatic carbocycles. The number of fused-ring (bicyclic) bond motifs is 3. The molecule has 0 amide bonds. The molecule has 116 valence electrons. The van der Waals surface area contributed by atoms with Crippen LogP contribution in [0.1, 0.15) is 25.0 Å². The van der Waals surface area contributed by atoms with Crippen molar-refractivity contribution in [2.24, 2.45) is 0 Å². The molecular formula is C19H16O4. The fourth-order valence-electron chi connectivity index (χ4n) is 2.94. The number of aromatic hydroxyl groups is 1. The van der Waals surface area contributed by atoms with Gasteiger partial charge in [0.1, 0.15) is 33.7 Å². The maximum Gasteiger partial charge on any atom is 0.204 e. The Kier molecular flexibility index (Phi) is 2.64. The molecule has 4 heteroatoms. The number of rotatable bonds is 0. The van der Waals surface area contributed by atoms with E-state index in [1.807, 2.05) is 39.0 Å². The Bertz CT molecular complexity index is 1050. The number of hydrogen-bond donors (Lipinski definition) is 1. The molecule has 0 fully saturated rings. The quantitative estimate of drug-likeness (QED) is 0.634. The molecule has 4 rings (SSSR count). The monoisotopic (exact) mass is 308 g/mol. The first-order valence-corrected chi connectivity index (χ1v) is 7.47. The van der Waals surface area contributed by atoms with Crippen LogP contribution in [0.25, 0.3) is 28.0 Å². The number of aryl methyl sites for hydroxylation is 1. The highest BCUT2D eigenvalue weighted by Gasteiger charge is 2.26. The minimum absolute atomic E-state index is 0.0968. The lowest BCUT2D eigenvalue weighted by Crippen LogP contribution is -2.27. The van der Waals surface area contributed by atoms with Gasteiger partial charge in [-0.2, -0.15) is 0 Å². The van der Waals surface area contributed by atoms with Crippen LogP contribution < -0.4 is 10.2 Å². The fourth-order valence-corrected chi connectivity index (χ4v) is 2.94. The third kappa shape index (κ3) is 2.02. The molecular weight excluding hydrogens is 292 g/mol. The molecule has 0 spiro atoms. The van der Waals surface area contributed by atoms with E-state index in [2.05, 4.69) is 0 Å². The van der Waals surface area contributed by atoms with Gasteiger partial charge in [0.25, 0.3) is 0 Å². The zero-order valence-electron chi connectivity index (χ0n) is 13.1. The highest BCUT2D eigenvalue weighted by atomic mass is 16.5. The van der Waals surface area contributed by atoms with E-state index in [0.29, 0.717) is 27.9 Å². The molecule has 0 atom stereocenters. The number of ether oxygens (including phenoxy) is 1. The highest BCUT2D eigenvalue weighted by molar-refractivity contribution is 5.97. The van der Waals surface area contributed by atoms with E-state index < -0.39 is 5.60 Å². The predicted molar refractivity (Wildman–Crippen MR) is 90.1 cm³/mol. The number of hydrogen-bond acceptors (Lipinski definition) is 4. The van der Waals surface area contributed by atoms with Crippen LogP contribution in [0.3, 0.4) is 0 Å². The smallest absolute Gasteiger partial charge is 0.204 e. The van der Waals surface area contributed by atoms with E-state index in [1.54, 1.807) is 18.2 Å². The van der Waals surface area contributed by atoms with Crippen molar-refractivity contribution in [2.45, 2.75) is 26.4 Å². The molecule has 2 heterocycles. The van der Waals surface area contributed by atoms with Gasteiger partial charge in [-0.3, -0.25) is 4.79 Å². The zero-order chi connectivity index (χ0) is 16.4. The van der Waals surface area contributed by atoms with E-state index in [4.69, 9.17) is 9.15 Å². The lowest BCUT2D eigenvalue weighted by molar-refractivity contribution is 0.158. The number of phenolic OH excluding ortho intramolecular Hbond substituents is 1. The summed E-state index contributed by atoms with van der Waals surface area (Å²) in [5.41, 5.74) is 1.64. The SMILES string of the molecule is Cc1ccc2c(=O)c3c(O)c4c(cc3oc2c1)OC(C)(C)C=C4. The maximum absolute atomic E-state index is 12.7. The number of phenols is 1. The second kappa shape index (κ2) is 4.38. The van der Waals surface area contributed by atoms with Gasteiger partial charge in [0.15, 0.2) is 0 Å². The molecule has 0 bridgehead atoms. The average molecular weight is 308 g/mol. The molecule has 0 saturated carbocycles. The Morgan fingerprint density at radius 1 is 1.13 bits per heavy atom. The first-order valence-electron chi connectivity index (χ1n) is 7.47. The van der Waals surface area contributed by atoms with Gasteiger partial charge in [-0.05, 0) is 50.6 Å². The minimum atomic E-state index is -0.471. The van der Waals surface area contributed by atoms with Gasteiger partial charge in [-0.1, -0.05) is 6.07 Å². The molecule has 1 aliphatic rings. The van der Waals surface area contributed by atoms with Crippen molar-refractivity contribution in [3.63, 3.8) is 0 Å². The van der Waals surface area contributed by atoms with Crippen molar-refractivity contribution in [2.75, 3.05) is 0 Å². The van der Waals surface area contributed by atoms with Crippen LogP contribution >= 0.6 is 0 Å². The Morgan fingerprint density at radius 3 is 2.70 bits per heavy atom. The molecule has 1 N–H and O–H groups in total. The Balaban J connectivity index is 2.14. The van der Waals surface area contributed by atoms with Gasteiger partial charge >= 0.3 is 0 Å². The van der Waals surface area contributed by atoms with Crippen LogP contribution in [0.2, 0.25) is 0 Å². The summed E-state index contributed by atoms with van der Waals surface area (Å²) in [6.45, 7) is 5.78. The lowest BCUT2D eigenvalue weighted by atomic mass is 9.99. The van der Waals surface area contributed by atoms with E-state index in [-0.39, 0.29) is 16.6 Å². The maximum atomic E-state index is 12.7. The lowest BCUT2D eigenvalue weighted by Gasteiger charge is -2.28. The Labute approximate surface area is 132 Å². The van der Waals surface area contributed by atoms with Crippen LogP contribution in [-0.2, 0) is 0 Å². The molecule has 1 aliphatic heterocycles. The molecule has 0 saturated heterocycles. The van der Waals surface area contributed by atoms with Crippen molar-refractivity contribution in [3.05, 3.63) is 51.7 Å². The van der Waals surface area contributed by atoms with Crippen LogP contribution in [0.15, 0.2) is 39.6 Å². The van der Waals surface area contributed by atoms with E-state index in [1.165, 1.54) is 0 Å². The predicted octanol–water partition coefficient (Wildman–Crippen LogP) is 4.14. The van der Waals surface area contributed by atoms with Crippen molar-refractivity contribution < 1.29 is 14.3 Å². The average Bonchev–Trinajstić information content (AvgIpc) is 2.45. The molecule has 3 aromatic rings. The fraction of sp³-hybridized carbons (Fsp3) is 0.211. The van der Waals surface area contributed by atoms with E-state index >= 15 is 0 Å². The third-order valence-corrected chi connectivity index (χ3v) is 4.12. The standard InChI is InChI=1S/C19H16O4/c1-10-4-5-11-13(8-10)22-15-9-14-12(6-7-19(2,3)23-14)18(21)16(15)17(11)20/h4-9,21H,1-3H3. The van der Waals surface area contributed by atoms with Crippen molar-refractivity contribution in [1.29, 1.82) is 0 Å². The van der Waals surface area contributed by atoms with Crippen LogP contribution in [0.5, 0.6) is 11.5 Å². The molecule has 23 heavy (non-hydrogen) atoms. The highest BCUT2D eigenvalue weighted by Crippen LogP contribution is 2.41. The Hall–Kier alpha value is -2.75. The van der Waals surface area contributed by atoms with E-state index in [9.17, 15) is 9.90 Å². The van der Waals surface area contributed by atoms with Crippen LogP contribution in [-0.4, -0.2) is 10.7 Å². The molecule has 4 nitrogen and oxygen atoms in total. The summed E-state index contributed by atoms with van der Waals surface area (Å²) in [6, 6.07) is 7.08. The van der Waals surface area contributed by atoms with Gasteiger partial charge in [-0.15, -0.1) is 0 Å². The zero-order valence-corrected chi connectivity index (χ0v) is 13.1.